The molecule has 0 aliphatic rings. The Morgan fingerprint density at radius 1 is 1.24 bits per heavy atom. The van der Waals surface area contributed by atoms with Crippen molar-refractivity contribution in [1.29, 1.82) is 5.41 Å². The number of benzene rings is 1. The summed E-state index contributed by atoms with van der Waals surface area (Å²) in [5, 5.41) is 20.3. The third kappa shape index (κ3) is 5.68. The summed E-state index contributed by atoms with van der Waals surface area (Å²) in [6.07, 6.45) is 4.06. The van der Waals surface area contributed by atoms with Crippen LogP contribution in [0.4, 0.5) is 10.2 Å². The van der Waals surface area contributed by atoms with E-state index in [-0.39, 0.29) is 36.1 Å². The van der Waals surface area contributed by atoms with Gasteiger partial charge in [-0.25, -0.2) is 24.3 Å². The normalized spacial score (nSPS) is 11.3. The molecule has 0 aliphatic carbocycles. The molecule has 1 aromatic carbocycles. The first-order valence-electron chi connectivity index (χ1n) is 9.97. The molecule has 0 unspecified atom stereocenters. The highest BCUT2D eigenvalue weighted by molar-refractivity contribution is 6.07. The standard InChI is InChI=1S/C22H18FN7O4/c23-15-4-2-1-3-13(15)12-26-18(17-6-8-33-30-17)11-16(24)22-25-7-5-19(28-22)27-20(31)9-14-10-21(32)34-29-14/h1-8,10-11,24,26,29H,9,12H2,(H,25,27,28,31)/b18-11-,24-16?. The summed E-state index contributed by atoms with van der Waals surface area (Å²) in [5.41, 5.74) is 0.866. The van der Waals surface area contributed by atoms with Crippen LogP contribution in [-0.4, -0.2) is 31.9 Å². The van der Waals surface area contributed by atoms with Gasteiger partial charge in [0.05, 0.1) is 17.8 Å². The summed E-state index contributed by atoms with van der Waals surface area (Å²) < 4.78 is 23.4. The van der Waals surface area contributed by atoms with Gasteiger partial charge in [0.25, 0.3) is 0 Å². The number of nitrogens with zero attached hydrogens (tertiary/aromatic N) is 3. The Morgan fingerprint density at radius 2 is 2.09 bits per heavy atom. The Kier molecular flexibility index (Phi) is 6.68. The molecule has 0 aliphatic heterocycles. The molecule has 1 amide bonds. The number of aromatic amines is 1. The van der Waals surface area contributed by atoms with Gasteiger partial charge in [0.2, 0.25) is 5.91 Å². The van der Waals surface area contributed by atoms with Crippen LogP contribution in [0.15, 0.2) is 74.8 Å². The summed E-state index contributed by atoms with van der Waals surface area (Å²) in [6, 6.07) is 10.5. The molecular weight excluding hydrogens is 445 g/mol. The number of hydrogen-bond donors (Lipinski definition) is 4. The van der Waals surface area contributed by atoms with E-state index in [4.69, 9.17) is 9.93 Å². The maximum atomic E-state index is 14.0. The fourth-order valence-corrected chi connectivity index (χ4v) is 2.93. The number of anilines is 1. The van der Waals surface area contributed by atoms with E-state index in [1.165, 1.54) is 36.7 Å². The smallest absolute Gasteiger partial charge is 0.357 e. The summed E-state index contributed by atoms with van der Waals surface area (Å²) in [6.45, 7) is 0.145. The number of allylic oxidation sites excluding steroid dienone is 1. The Morgan fingerprint density at radius 3 is 2.82 bits per heavy atom. The minimum atomic E-state index is -0.584. The quantitative estimate of drug-likeness (QED) is 0.275. The molecule has 3 heterocycles. The maximum Gasteiger partial charge on any atom is 0.357 e. The van der Waals surface area contributed by atoms with E-state index in [2.05, 4.69) is 35.4 Å². The van der Waals surface area contributed by atoms with Crippen LogP contribution in [0.25, 0.3) is 5.70 Å². The summed E-state index contributed by atoms with van der Waals surface area (Å²) in [4.78, 5) is 31.5. The number of amides is 1. The first-order valence-corrected chi connectivity index (χ1v) is 9.97. The van der Waals surface area contributed by atoms with Gasteiger partial charge in [0.15, 0.2) is 5.82 Å². The van der Waals surface area contributed by atoms with Gasteiger partial charge in [0, 0.05) is 30.4 Å². The van der Waals surface area contributed by atoms with Crippen LogP contribution < -0.4 is 16.3 Å². The van der Waals surface area contributed by atoms with E-state index in [0.29, 0.717) is 22.6 Å². The number of rotatable bonds is 9. The highest BCUT2D eigenvalue weighted by atomic mass is 19.1. The van der Waals surface area contributed by atoms with Gasteiger partial charge < -0.3 is 19.7 Å². The van der Waals surface area contributed by atoms with E-state index in [1.807, 2.05) is 0 Å². The van der Waals surface area contributed by atoms with Crippen molar-refractivity contribution >= 4 is 23.1 Å². The van der Waals surface area contributed by atoms with Crippen molar-refractivity contribution in [1.82, 2.24) is 25.6 Å². The first-order chi connectivity index (χ1) is 16.5. The van der Waals surface area contributed by atoms with Gasteiger partial charge in [-0.1, -0.05) is 23.4 Å². The zero-order valence-electron chi connectivity index (χ0n) is 17.5. The van der Waals surface area contributed by atoms with Gasteiger partial charge >= 0.3 is 5.63 Å². The number of hydrogen-bond acceptors (Lipinski definition) is 9. The minimum Gasteiger partial charge on any atom is -0.379 e. The van der Waals surface area contributed by atoms with Gasteiger partial charge in [0.1, 0.15) is 29.3 Å². The van der Waals surface area contributed by atoms with Gasteiger partial charge in [-0.05, 0) is 18.2 Å². The van der Waals surface area contributed by atoms with Crippen LogP contribution in [0.1, 0.15) is 22.8 Å². The lowest BCUT2D eigenvalue weighted by molar-refractivity contribution is -0.115. The number of H-pyrrole nitrogens is 1. The molecule has 0 radical (unpaired) electrons. The average Bonchev–Trinajstić information content (AvgIpc) is 3.49. The topological polar surface area (TPSA) is 163 Å². The van der Waals surface area contributed by atoms with Gasteiger partial charge in [-0.3, -0.25) is 10.2 Å². The fraction of sp³-hybridized carbons (Fsp3) is 0.0909. The molecule has 0 spiro atoms. The molecule has 4 aromatic rings. The van der Waals surface area contributed by atoms with Crippen molar-refractivity contribution < 1.29 is 18.2 Å². The molecule has 4 N–H and O–H groups in total. The van der Waals surface area contributed by atoms with Crippen molar-refractivity contribution in [2.24, 2.45) is 0 Å². The Balaban J connectivity index is 1.49. The third-order valence-corrected chi connectivity index (χ3v) is 4.52. The molecule has 0 saturated heterocycles. The van der Waals surface area contributed by atoms with Gasteiger partial charge in [-0.2, -0.15) is 0 Å². The summed E-state index contributed by atoms with van der Waals surface area (Å²) in [7, 11) is 0. The molecule has 0 saturated carbocycles. The van der Waals surface area contributed by atoms with Crippen molar-refractivity contribution in [3.05, 3.63) is 100 Å². The average molecular weight is 463 g/mol. The molecule has 12 heteroatoms. The van der Waals surface area contributed by atoms with Crippen LogP contribution in [0, 0.1) is 11.2 Å². The predicted octanol–water partition coefficient (Wildman–Crippen LogP) is 2.26. The zero-order chi connectivity index (χ0) is 23.9. The molecule has 0 fully saturated rings. The highest BCUT2D eigenvalue weighted by Crippen LogP contribution is 2.14. The Bertz CT molecular complexity index is 1390. The van der Waals surface area contributed by atoms with Crippen molar-refractivity contribution in [3.8, 4) is 0 Å². The van der Waals surface area contributed by atoms with Crippen LogP contribution >= 0.6 is 0 Å². The number of aromatic nitrogens is 4. The molecule has 172 valence electrons. The molecule has 3 aromatic heterocycles. The van der Waals surface area contributed by atoms with Gasteiger partial charge in [-0.15, -0.1) is 0 Å². The lowest BCUT2D eigenvalue weighted by atomic mass is 10.2. The fourth-order valence-electron chi connectivity index (χ4n) is 2.93. The number of carbonyl (C=O) groups excluding carboxylic acids is 1. The van der Waals surface area contributed by atoms with E-state index < -0.39 is 11.5 Å². The Labute approximate surface area is 191 Å². The molecular formula is C22H18FN7O4. The number of carbonyl (C=O) groups is 1. The highest BCUT2D eigenvalue weighted by Gasteiger charge is 2.13. The second-order valence-corrected chi connectivity index (χ2v) is 6.98. The summed E-state index contributed by atoms with van der Waals surface area (Å²) in [5.74, 6) is -0.612. The SMILES string of the molecule is N=C(/C=C(\NCc1ccccc1F)c1ccon1)c1nccc(NC(=O)Cc2cc(=O)o[nH]2)n1. The Hall–Kier alpha value is -4.87. The molecule has 34 heavy (non-hydrogen) atoms. The van der Waals surface area contributed by atoms with Crippen molar-refractivity contribution in [3.63, 3.8) is 0 Å². The van der Waals surface area contributed by atoms with Crippen molar-refractivity contribution in [2.75, 3.05) is 5.32 Å². The monoisotopic (exact) mass is 463 g/mol. The number of nitrogens with one attached hydrogen (secondary N) is 4. The van der Waals surface area contributed by atoms with Crippen LogP contribution in [0.2, 0.25) is 0 Å². The maximum absolute atomic E-state index is 14.0. The second-order valence-electron chi connectivity index (χ2n) is 6.98. The third-order valence-electron chi connectivity index (χ3n) is 4.52. The summed E-state index contributed by atoms with van der Waals surface area (Å²) >= 11 is 0. The van der Waals surface area contributed by atoms with Crippen LogP contribution in [0.5, 0.6) is 0 Å². The minimum absolute atomic E-state index is 0.0307. The molecule has 11 nitrogen and oxygen atoms in total. The van der Waals surface area contributed by atoms with Crippen molar-refractivity contribution in [2.45, 2.75) is 13.0 Å². The number of halogens is 1. The molecule has 0 bridgehead atoms. The largest absolute Gasteiger partial charge is 0.379 e. The van der Waals surface area contributed by atoms with E-state index >= 15 is 0 Å². The lowest BCUT2D eigenvalue weighted by Gasteiger charge is -2.10. The van der Waals surface area contributed by atoms with E-state index in [0.717, 1.165) is 0 Å². The molecule has 4 rings (SSSR count). The van der Waals surface area contributed by atoms with Crippen LogP contribution in [0.3, 0.4) is 0 Å². The second kappa shape index (κ2) is 10.2. The van der Waals surface area contributed by atoms with E-state index in [1.54, 1.807) is 24.3 Å². The lowest BCUT2D eigenvalue weighted by Crippen LogP contribution is -2.18. The predicted molar refractivity (Wildman–Crippen MR) is 118 cm³/mol. The first kappa shape index (κ1) is 22.3. The van der Waals surface area contributed by atoms with E-state index in [9.17, 15) is 14.0 Å². The van der Waals surface area contributed by atoms with Crippen LogP contribution in [-0.2, 0) is 17.8 Å². The zero-order valence-corrected chi connectivity index (χ0v) is 17.5. The molecule has 0 atom stereocenters.